The SMILES string of the molecule is CN=C(NCc1cccc(C(=O)NC)c1)NC(C)C. The summed E-state index contributed by atoms with van der Waals surface area (Å²) in [5, 5.41) is 9.03. The molecule has 1 rings (SSSR count). The molecule has 0 aliphatic rings. The molecule has 5 heteroatoms. The number of benzene rings is 1. The number of nitrogens with one attached hydrogen (secondary N) is 3. The maximum Gasteiger partial charge on any atom is 0.251 e. The van der Waals surface area contributed by atoms with Crippen molar-refractivity contribution >= 4 is 11.9 Å². The highest BCUT2D eigenvalue weighted by Crippen LogP contribution is 2.05. The monoisotopic (exact) mass is 262 g/mol. The maximum absolute atomic E-state index is 11.5. The molecule has 1 amide bonds. The summed E-state index contributed by atoms with van der Waals surface area (Å²) in [5.41, 5.74) is 1.70. The third-order valence-electron chi connectivity index (χ3n) is 2.53. The molecule has 0 saturated carbocycles. The number of amides is 1. The van der Waals surface area contributed by atoms with E-state index in [0.717, 1.165) is 11.5 Å². The van der Waals surface area contributed by atoms with Gasteiger partial charge >= 0.3 is 0 Å². The van der Waals surface area contributed by atoms with Gasteiger partial charge in [-0.25, -0.2) is 0 Å². The van der Waals surface area contributed by atoms with Crippen LogP contribution in [0.2, 0.25) is 0 Å². The highest BCUT2D eigenvalue weighted by Gasteiger charge is 2.04. The van der Waals surface area contributed by atoms with Gasteiger partial charge in [0.15, 0.2) is 5.96 Å². The zero-order valence-corrected chi connectivity index (χ0v) is 11.9. The Morgan fingerprint density at radius 2 is 2.11 bits per heavy atom. The molecule has 0 aliphatic heterocycles. The summed E-state index contributed by atoms with van der Waals surface area (Å²) in [6.07, 6.45) is 0. The predicted molar refractivity (Wildman–Crippen MR) is 78.3 cm³/mol. The molecule has 0 unspecified atom stereocenters. The molecule has 0 heterocycles. The summed E-state index contributed by atoms with van der Waals surface area (Å²) < 4.78 is 0. The van der Waals surface area contributed by atoms with Gasteiger partial charge in [0, 0.05) is 32.2 Å². The molecule has 19 heavy (non-hydrogen) atoms. The number of nitrogens with zero attached hydrogens (tertiary/aromatic N) is 1. The number of carbonyl (C=O) groups excluding carboxylic acids is 1. The Kier molecular flexibility index (Phi) is 5.85. The molecular weight excluding hydrogens is 240 g/mol. The van der Waals surface area contributed by atoms with Gasteiger partial charge in [-0.15, -0.1) is 0 Å². The number of rotatable bonds is 4. The summed E-state index contributed by atoms with van der Waals surface area (Å²) in [4.78, 5) is 15.7. The van der Waals surface area contributed by atoms with Gasteiger partial charge in [-0.2, -0.15) is 0 Å². The van der Waals surface area contributed by atoms with Crippen LogP contribution < -0.4 is 16.0 Å². The first-order valence-corrected chi connectivity index (χ1v) is 6.35. The Hall–Kier alpha value is -2.04. The van der Waals surface area contributed by atoms with Crippen LogP contribution in [0.5, 0.6) is 0 Å². The topological polar surface area (TPSA) is 65.5 Å². The molecule has 0 fully saturated rings. The largest absolute Gasteiger partial charge is 0.355 e. The Morgan fingerprint density at radius 1 is 1.37 bits per heavy atom. The number of aliphatic imine (C=N–C) groups is 1. The van der Waals surface area contributed by atoms with Crippen molar-refractivity contribution in [1.29, 1.82) is 0 Å². The predicted octanol–water partition coefficient (Wildman–Crippen LogP) is 1.12. The van der Waals surface area contributed by atoms with Crippen LogP contribution in [0.3, 0.4) is 0 Å². The van der Waals surface area contributed by atoms with Gasteiger partial charge in [0.25, 0.3) is 5.91 Å². The maximum atomic E-state index is 11.5. The number of hydrogen-bond acceptors (Lipinski definition) is 2. The van der Waals surface area contributed by atoms with Crippen LogP contribution in [-0.2, 0) is 6.54 Å². The molecule has 0 bridgehead atoms. The molecule has 3 N–H and O–H groups in total. The lowest BCUT2D eigenvalue weighted by molar-refractivity contribution is 0.0963. The van der Waals surface area contributed by atoms with Crippen molar-refractivity contribution in [2.24, 2.45) is 4.99 Å². The van der Waals surface area contributed by atoms with Gasteiger partial charge < -0.3 is 16.0 Å². The number of hydrogen-bond donors (Lipinski definition) is 3. The summed E-state index contributed by atoms with van der Waals surface area (Å²) in [5.74, 6) is 0.673. The first-order chi connectivity index (χ1) is 9.06. The molecule has 0 aromatic heterocycles. The molecule has 0 saturated heterocycles. The van der Waals surface area contributed by atoms with E-state index in [2.05, 4.69) is 34.8 Å². The fourth-order valence-corrected chi connectivity index (χ4v) is 1.62. The van der Waals surface area contributed by atoms with Crippen LogP contribution in [0.15, 0.2) is 29.3 Å². The fourth-order valence-electron chi connectivity index (χ4n) is 1.62. The molecule has 0 atom stereocenters. The summed E-state index contributed by atoms with van der Waals surface area (Å²) in [6, 6.07) is 7.84. The zero-order valence-electron chi connectivity index (χ0n) is 11.9. The fraction of sp³-hybridized carbons (Fsp3) is 0.429. The first-order valence-electron chi connectivity index (χ1n) is 6.35. The number of carbonyl (C=O) groups is 1. The standard InChI is InChI=1S/C14H22N4O/c1-10(2)18-14(16-4)17-9-11-6-5-7-12(8-11)13(19)15-3/h5-8,10H,9H2,1-4H3,(H,15,19)(H2,16,17,18). The highest BCUT2D eigenvalue weighted by atomic mass is 16.1. The lowest BCUT2D eigenvalue weighted by Gasteiger charge is -2.14. The van der Waals surface area contributed by atoms with E-state index in [-0.39, 0.29) is 5.91 Å². The summed E-state index contributed by atoms with van der Waals surface area (Å²) in [7, 11) is 3.36. The van der Waals surface area contributed by atoms with E-state index in [1.807, 2.05) is 18.2 Å². The van der Waals surface area contributed by atoms with Crippen LogP contribution in [-0.4, -0.2) is 32.0 Å². The van der Waals surface area contributed by atoms with Gasteiger partial charge in [-0.05, 0) is 31.5 Å². The lowest BCUT2D eigenvalue weighted by atomic mass is 10.1. The molecule has 0 aliphatic carbocycles. The van der Waals surface area contributed by atoms with E-state index in [4.69, 9.17) is 0 Å². The Labute approximate surface area is 114 Å². The molecule has 1 aromatic carbocycles. The average Bonchev–Trinajstić information content (AvgIpc) is 2.42. The van der Waals surface area contributed by atoms with Crippen LogP contribution in [0, 0.1) is 0 Å². The molecule has 0 radical (unpaired) electrons. The summed E-state index contributed by atoms with van der Waals surface area (Å²) in [6.45, 7) is 4.73. The Morgan fingerprint density at radius 3 is 2.68 bits per heavy atom. The third-order valence-corrected chi connectivity index (χ3v) is 2.53. The van der Waals surface area contributed by atoms with Crippen LogP contribution >= 0.6 is 0 Å². The summed E-state index contributed by atoms with van der Waals surface area (Å²) >= 11 is 0. The van der Waals surface area contributed by atoms with E-state index in [0.29, 0.717) is 18.2 Å². The van der Waals surface area contributed by atoms with Crippen molar-refractivity contribution in [2.45, 2.75) is 26.4 Å². The quantitative estimate of drug-likeness (QED) is 0.563. The molecule has 104 valence electrons. The van der Waals surface area contributed by atoms with E-state index in [1.54, 1.807) is 20.2 Å². The minimum atomic E-state index is -0.0773. The van der Waals surface area contributed by atoms with Crippen molar-refractivity contribution in [3.8, 4) is 0 Å². The van der Waals surface area contributed by atoms with Gasteiger partial charge in [0.1, 0.15) is 0 Å². The molecule has 1 aromatic rings. The van der Waals surface area contributed by atoms with Gasteiger partial charge in [0.05, 0.1) is 0 Å². The van der Waals surface area contributed by atoms with E-state index >= 15 is 0 Å². The highest BCUT2D eigenvalue weighted by molar-refractivity contribution is 5.94. The lowest BCUT2D eigenvalue weighted by Crippen LogP contribution is -2.40. The second kappa shape index (κ2) is 7.41. The number of guanidine groups is 1. The second-order valence-corrected chi connectivity index (χ2v) is 4.50. The van der Waals surface area contributed by atoms with Crippen LogP contribution in [0.4, 0.5) is 0 Å². The molecular formula is C14H22N4O. The van der Waals surface area contributed by atoms with Crippen molar-refractivity contribution < 1.29 is 4.79 Å². The second-order valence-electron chi connectivity index (χ2n) is 4.50. The zero-order chi connectivity index (χ0) is 14.3. The normalized spacial score (nSPS) is 11.3. The Balaban J connectivity index is 2.65. The van der Waals surface area contributed by atoms with Crippen LogP contribution in [0.1, 0.15) is 29.8 Å². The smallest absolute Gasteiger partial charge is 0.251 e. The third kappa shape index (κ3) is 4.99. The van der Waals surface area contributed by atoms with Gasteiger partial charge in [-0.1, -0.05) is 12.1 Å². The molecule has 5 nitrogen and oxygen atoms in total. The van der Waals surface area contributed by atoms with Crippen LogP contribution in [0.25, 0.3) is 0 Å². The van der Waals surface area contributed by atoms with E-state index in [9.17, 15) is 4.79 Å². The first kappa shape index (κ1) is 15.0. The molecule has 0 spiro atoms. The Bertz CT molecular complexity index is 455. The van der Waals surface area contributed by atoms with Gasteiger partial charge in [-0.3, -0.25) is 9.79 Å². The van der Waals surface area contributed by atoms with Gasteiger partial charge in [0.2, 0.25) is 0 Å². The van der Waals surface area contributed by atoms with Crippen molar-refractivity contribution in [2.75, 3.05) is 14.1 Å². The minimum Gasteiger partial charge on any atom is -0.355 e. The van der Waals surface area contributed by atoms with Crippen molar-refractivity contribution in [3.63, 3.8) is 0 Å². The van der Waals surface area contributed by atoms with Crippen molar-refractivity contribution in [1.82, 2.24) is 16.0 Å². The van der Waals surface area contributed by atoms with E-state index < -0.39 is 0 Å². The van der Waals surface area contributed by atoms with Crippen molar-refractivity contribution in [3.05, 3.63) is 35.4 Å². The average molecular weight is 262 g/mol. The minimum absolute atomic E-state index is 0.0773. The van der Waals surface area contributed by atoms with E-state index in [1.165, 1.54) is 0 Å².